The third kappa shape index (κ3) is 2.49. The summed E-state index contributed by atoms with van der Waals surface area (Å²) in [4.78, 5) is 4.55. The van der Waals surface area contributed by atoms with E-state index in [1.807, 2.05) is 11.8 Å². The van der Waals surface area contributed by atoms with Gasteiger partial charge in [0.25, 0.3) is 0 Å². The Balaban J connectivity index is 1.74. The molecule has 0 spiro atoms. The van der Waals surface area contributed by atoms with Gasteiger partial charge in [-0.25, -0.2) is 0 Å². The summed E-state index contributed by atoms with van der Waals surface area (Å²) in [7, 11) is 0. The van der Waals surface area contributed by atoms with Crippen molar-refractivity contribution in [2.75, 3.05) is 13.1 Å². The molecule has 15 heavy (non-hydrogen) atoms. The van der Waals surface area contributed by atoms with Crippen LogP contribution in [0, 0.1) is 5.41 Å². The average molecular weight is 226 g/mol. The van der Waals surface area contributed by atoms with E-state index in [1.165, 1.54) is 37.3 Å². The van der Waals surface area contributed by atoms with Crippen LogP contribution in [0.4, 0.5) is 0 Å². The van der Waals surface area contributed by atoms with E-state index < -0.39 is 0 Å². The van der Waals surface area contributed by atoms with Crippen LogP contribution >= 0.6 is 11.8 Å². The highest BCUT2D eigenvalue weighted by Gasteiger charge is 2.35. The van der Waals surface area contributed by atoms with E-state index in [1.54, 1.807) is 0 Å². The summed E-state index contributed by atoms with van der Waals surface area (Å²) in [6.07, 6.45) is 6.79. The molecule has 1 aliphatic carbocycles. The molecule has 1 fully saturated rings. The normalized spacial score (nSPS) is 28.4. The van der Waals surface area contributed by atoms with Crippen LogP contribution in [0.2, 0.25) is 0 Å². The standard InChI is InChI=1S/C12H22N2S/c1-3-10-8-13-11(15-10)14-9-12(4-2)6-5-7-12/h10H,3-9H2,1-2H3,(H,13,14). The molecule has 2 nitrogen and oxygen atoms in total. The first-order valence-electron chi connectivity index (χ1n) is 6.23. The summed E-state index contributed by atoms with van der Waals surface area (Å²) in [6.45, 7) is 6.73. The second-order valence-corrected chi connectivity index (χ2v) is 6.14. The number of hydrogen-bond acceptors (Lipinski definition) is 3. The van der Waals surface area contributed by atoms with Crippen molar-refractivity contribution in [1.29, 1.82) is 0 Å². The zero-order valence-corrected chi connectivity index (χ0v) is 10.7. The van der Waals surface area contributed by atoms with E-state index in [9.17, 15) is 0 Å². The number of aliphatic imine (C=N–C) groups is 1. The lowest BCUT2D eigenvalue weighted by atomic mass is 9.67. The van der Waals surface area contributed by atoms with Crippen LogP contribution in [0.3, 0.4) is 0 Å². The van der Waals surface area contributed by atoms with Crippen LogP contribution < -0.4 is 5.32 Å². The molecule has 0 radical (unpaired) electrons. The number of nitrogens with zero attached hydrogens (tertiary/aromatic N) is 1. The predicted octanol–water partition coefficient (Wildman–Crippen LogP) is 3.04. The third-order valence-corrected chi connectivity index (χ3v) is 5.26. The first kappa shape index (κ1) is 11.3. The minimum Gasteiger partial charge on any atom is -0.364 e. The highest BCUT2D eigenvalue weighted by molar-refractivity contribution is 8.14. The van der Waals surface area contributed by atoms with Crippen molar-refractivity contribution >= 4 is 16.9 Å². The van der Waals surface area contributed by atoms with Crippen molar-refractivity contribution in [3.05, 3.63) is 0 Å². The van der Waals surface area contributed by atoms with E-state index in [0.717, 1.165) is 18.3 Å². The van der Waals surface area contributed by atoms with E-state index >= 15 is 0 Å². The minimum atomic E-state index is 0.605. The van der Waals surface area contributed by atoms with Gasteiger partial charge in [-0.1, -0.05) is 32.0 Å². The highest BCUT2D eigenvalue weighted by Crippen LogP contribution is 2.43. The Morgan fingerprint density at radius 3 is 2.73 bits per heavy atom. The number of amidine groups is 1. The van der Waals surface area contributed by atoms with Gasteiger partial charge >= 0.3 is 0 Å². The summed E-state index contributed by atoms with van der Waals surface area (Å²) in [5.74, 6) is 0. The molecule has 86 valence electrons. The third-order valence-electron chi connectivity index (χ3n) is 3.95. The van der Waals surface area contributed by atoms with Gasteiger partial charge in [-0.3, -0.25) is 4.99 Å². The smallest absolute Gasteiger partial charge is 0.156 e. The first-order valence-corrected chi connectivity index (χ1v) is 7.11. The molecule has 2 rings (SSSR count). The second-order valence-electron chi connectivity index (χ2n) is 4.85. The van der Waals surface area contributed by atoms with Gasteiger partial charge in [0, 0.05) is 11.8 Å². The van der Waals surface area contributed by atoms with Crippen molar-refractivity contribution in [3.8, 4) is 0 Å². The molecular weight excluding hydrogens is 204 g/mol. The van der Waals surface area contributed by atoms with Gasteiger partial charge in [0.2, 0.25) is 0 Å². The van der Waals surface area contributed by atoms with Crippen molar-refractivity contribution in [2.45, 2.75) is 51.2 Å². The Hall–Kier alpha value is -0.180. The van der Waals surface area contributed by atoms with Gasteiger partial charge in [0.1, 0.15) is 0 Å². The Morgan fingerprint density at radius 2 is 2.27 bits per heavy atom. The van der Waals surface area contributed by atoms with E-state index in [4.69, 9.17) is 0 Å². The zero-order valence-electron chi connectivity index (χ0n) is 9.88. The Bertz CT molecular complexity index is 240. The SMILES string of the molecule is CCC1CN=C(NCC2(CC)CCC2)S1. The molecule has 1 heterocycles. The highest BCUT2D eigenvalue weighted by atomic mass is 32.2. The lowest BCUT2D eigenvalue weighted by molar-refractivity contribution is 0.132. The monoisotopic (exact) mass is 226 g/mol. The largest absolute Gasteiger partial charge is 0.364 e. The van der Waals surface area contributed by atoms with Gasteiger partial charge in [-0.05, 0) is 31.1 Å². The van der Waals surface area contributed by atoms with Crippen molar-refractivity contribution in [2.24, 2.45) is 10.4 Å². The number of hydrogen-bond donors (Lipinski definition) is 1. The van der Waals surface area contributed by atoms with Crippen LogP contribution in [0.1, 0.15) is 46.0 Å². The zero-order chi connectivity index (χ0) is 10.7. The minimum absolute atomic E-state index is 0.605. The Morgan fingerprint density at radius 1 is 1.47 bits per heavy atom. The second kappa shape index (κ2) is 4.77. The van der Waals surface area contributed by atoms with Crippen molar-refractivity contribution < 1.29 is 0 Å². The summed E-state index contributed by atoms with van der Waals surface area (Å²) >= 11 is 1.94. The topological polar surface area (TPSA) is 24.4 Å². The molecule has 1 atom stereocenters. The molecular formula is C12H22N2S. The first-order chi connectivity index (χ1) is 7.28. The van der Waals surface area contributed by atoms with Crippen LogP contribution in [-0.4, -0.2) is 23.5 Å². The summed E-state index contributed by atoms with van der Waals surface area (Å²) in [6, 6.07) is 0. The fraction of sp³-hybridized carbons (Fsp3) is 0.917. The quantitative estimate of drug-likeness (QED) is 0.797. The number of thioether (sulfide) groups is 1. The average Bonchev–Trinajstić information content (AvgIpc) is 2.65. The molecule has 1 saturated carbocycles. The van der Waals surface area contributed by atoms with E-state index in [0.29, 0.717) is 5.41 Å². The summed E-state index contributed by atoms with van der Waals surface area (Å²) < 4.78 is 0. The molecule has 3 heteroatoms. The molecule has 0 aromatic carbocycles. The molecule has 0 bridgehead atoms. The summed E-state index contributed by atoms with van der Waals surface area (Å²) in [5.41, 5.74) is 0.605. The predicted molar refractivity (Wildman–Crippen MR) is 68.5 cm³/mol. The van der Waals surface area contributed by atoms with Crippen LogP contribution in [0.5, 0.6) is 0 Å². The molecule has 0 amide bonds. The van der Waals surface area contributed by atoms with Crippen LogP contribution in [-0.2, 0) is 0 Å². The van der Waals surface area contributed by atoms with Gasteiger partial charge in [-0.15, -0.1) is 0 Å². The summed E-state index contributed by atoms with van der Waals surface area (Å²) in [5, 5.41) is 5.48. The molecule has 1 unspecified atom stereocenters. The number of rotatable bonds is 4. The fourth-order valence-corrected chi connectivity index (χ4v) is 3.26. The van der Waals surface area contributed by atoms with Gasteiger partial charge in [0.15, 0.2) is 5.17 Å². The Labute approximate surface area is 97.3 Å². The van der Waals surface area contributed by atoms with Crippen LogP contribution in [0.25, 0.3) is 0 Å². The van der Waals surface area contributed by atoms with E-state index in [2.05, 4.69) is 24.2 Å². The van der Waals surface area contributed by atoms with Gasteiger partial charge < -0.3 is 5.32 Å². The molecule has 1 aliphatic heterocycles. The maximum absolute atomic E-state index is 4.55. The molecule has 0 aromatic rings. The van der Waals surface area contributed by atoms with Gasteiger partial charge in [-0.2, -0.15) is 0 Å². The fourth-order valence-electron chi connectivity index (χ4n) is 2.32. The molecule has 0 saturated heterocycles. The maximum Gasteiger partial charge on any atom is 0.156 e. The van der Waals surface area contributed by atoms with Crippen molar-refractivity contribution in [1.82, 2.24) is 5.32 Å². The molecule has 2 aliphatic rings. The lowest BCUT2D eigenvalue weighted by Gasteiger charge is -2.41. The van der Waals surface area contributed by atoms with Gasteiger partial charge in [0.05, 0.1) is 6.54 Å². The van der Waals surface area contributed by atoms with Crippen molar-refractivity contribution in [3.63, 3.8) is 0 Å². The number of nitrogens with one attached hydrogen (secondary N) is 1. The van der Waals surface area contributed by atoms with E-state index in [-0.39, 0.29) is 0 Å². The maximum atomic E-state index is 4.55. The Kier molecular flexibility index (Phi) is 3.60. The molecule has 1 N–H and O–H groups in total. The molecule has 0 aromatic heterocycles. The van der Waals surface area contributed by atoms with Crippen LogP contribution in [0.15, 0.2) is 4.99 Å². The lowest BCUT2D eigenvalue weighted by Crippen LogP contribution is -2.40.